The topological polar surface area (TPSA) is 20.3 Å². The highest BCUT2D eigenvalue weighted by molar-refractivity contribution is 5.76. The third-order valence-electron chi connectivity index (χ3n) is 4.19. The van der Waals surface area contributed by atoms with E-state index in [1.54, 1.807) is 11.1 Å². The number of piperidine rings is 1. The van der Waals surface area contributed by atoms with E-state index in [0.29, 0.717) is 12.3 Å². The molecule has 1 aliphatic heterocycles. The van der Waals surface area contributed by atoms with Gasteiger partial charge in [0.2, 0.25) is 5.91 Å². The normalized spacial score (nSPS) is 18.6. The Kier molecular flexibility index (Phi) is 3.67. The first-order chi connectivity index (χ1) is 9.33. The van der Waals surface area contributed by atoms with Crippen LogP contribution in [0.25, 0.3) is 0 Å². The van der Waals surface area contributed by atoms with E-state index in [0.717, 1.165) is 32.4 Å². The Morgan fingerprint density at radius 2 is 1.58 bits per heavy atom. The number of nitrogens with zero attached hydrogens (tertiary/aromatic N) is 1. The molecular weight excluding hydrogens is 234 g/mol. The minimum Gasteiger partial charge on any atom is -0.342 e. The van der Waals surface area contributed by atoms with Crippen LogP contribution in [0.15, 0.2) is 41.5 Å². The molecule has 3 rings (SSSR count). The maximum Gasteiger partial charge on any atom is 0.222 e. The maximum absolute atomic E-state index is 12.2. The van der Waals surface area contributed by atoms with Crippen molar-refractivity contribution in [1.82, 2.24) is 4.90 Å². The lowest BCUT2D eigenvalue weighted by atomic mass is 10.0. The number of amides is 1. The van der Waals surface area contributed by atoms with Gasteiger partial charge in [-0.2, -0.15) is 0 Å². The summed E-state index contributed by atoms with van der Waals surface area (Å²) in [5.74, 6) is 0.323. The first-order valence-corrected chi connectivity index (χ1v) is 7.34. The largest absolute Gasteiger partial charge is 0.342 e. The first-order valence-electron chi connectivity index (χ1n) is 7.34. The molecule has 2 heteroatoms. The molecule has 1 saturated heterocycles. The molecule has 1 aliphatic carbocycles. The molecular formula is C17H21NO. The predicted molar refractivity (Wildman–Crippen MR) is 76.8 cm³/mol. The standard InChI is InChI=1S/C17H21NO/c19-17(9-6-14-4-2-1-3-5-14)18-12-10-16(11-13-18)15-7-8-15/h1-5H,6-13H2. The summed E-state index contributed by atoms with van der Waals surface area (Å²) < 4.78 is 0. The van der Waals surface area contributed by atoms with Crippen molar-refractivity contribution in [2.24, 2.45) is 0 Å². The van der Waals surface area contributed by atoms with Crippen molar-refractivity contribution < 1.29 is 4.79 Å². The Bertz CT molecular complexity index is 473. The summed E-state index contributed by atoms with van der Waals surface area (Å²) in [7, 11) is 0. The van der Waals surface area contributed by atoms with Gasteiger partial charge in [0, 0.05) is 19.5 Å². The van der Waals surface area contributed by atoms with E-state index in [2.05, 4.69) is 17.0 Å². The number of likely N-dealkylation sites (tertiary alicyclic amines) is 1. The van der Waals surface area contributed by atoms with Gasteiger partial charge in [-0.25, -0.2) is 0 Å². The SMILES string of the molecule is O=C(CCc1ccccc1)N1CCC(=C2CC2)CC1. The molecule has 1 aromatic carbocycles. The van der Waals surface area contributed by atoms with E-state index in [1.165, 1.54) is 18.4 Å². The third kappa shape index (κ3) is 3.25. The molecule has 0 radical (unpaired) electrons. The first kappa shape index (κ1) is 12.5. The molecule has 0 bridgehead atoms. The lowest BCUT2D eigenvalue weighted by Crippen LogP contribution is -2.36. The number of benzene rings is 1. The van der Waals surface area contributed by atoms with Crippen LogP contribution in [0, 0.1) is 0 Å². The fourth-order valence-electron chi connectivity index (χ4n) is 2.85. The molecule has 0 unspecified atom stereocenters. The predicted octanol–water partition coefficient (Wildman–Crippen LogP) is 3.33. The zero-order chi connectivity index (χ0) is 13.1. The average Bonchev–Trinajstić information content (AvgIpc) is 3.31. The van der Waals surface area contributed by atoms with Gasteiger partial charge in [-0.05, 0) is 37.7 Å². The second-order valence-electron chi connectivity index (χ2n) is 5.57. The molecule has 2 nitrogen and oxygen atoms in total. The van der Waals surface area contributed by atoms with Crippen molar-refractivity contribution >= 4 is 5.91 Å². The van der Waals surface area contributed by atoms with Gasteiger partial charge in [-0.1, -0.05) is 41.5 Å². The number of allylic oxidation sites excluding steroid dienone is 1. The maximum atomic E-state index is 12.2. The molecule has 0 aromatic heterocycles. The summed E-state index contributed by atoms with van der Waals surface area (Å²) in [6.07, 6.45) is 6.38. The zero-order valence-corrected chi connectivity index (χ0v) is 11.4. The minimum absolute atomic E-state index is 0.323. The van der Waals surface area contributed by atoms with Crippen LogP contribution in [0.4, 0.5) is 0 Å². The molecule has 100 valence electrons. The number of carbonyl (C=O) groups is 1. The minimum atomic E-state index is 0.323. The number of hydrogen-bond acceptors (Lipinski definition) is 1. The average molecular weight is 255 g/mol. The van der Waals surface area contributed by atoms with Crippen LogP contribution in [-0.2, 0) is 11.2 Å². The molecule has 2 aliphatic rings. The number of rotatable bonds is 3. The van der Waals surface area contributed by atoms with E-state index >= 15 is 0 Å². The van der Waals surface area contributed by atoms with Crippen molar-refractivity contribution in [3.8, 4) is 0 Å². The summed E-state index contributed by atoms with van der Waals surface area (Å²) in [5.41, 5.74) is 4.58. The van der Waals surface area contributed by atoms with E-state index in [4.69, 9.17) is 0 Å². The van der Waals surface area contributed by atoms with Crippen molar-refractivity contribution in [2.75, 3.05) is 13.1 Å². The smallest absolute Gasteiger partial charge is 0.222 e. The van der Waals surface area contributed by atoms with Gasteiger partial charge >= 0.3 is 0 Å². The molecule has 2 fully saturated rings. The second kappa shape index (κ2) is 5.60. The van der Waals surface area contributed by atoms with Gasteiger partial charge in [-0.3, -0.25) is 4.79 Å². The van der Waals surface area contributed by atoms with Gasteiger partial charge < -0.3 is 4.90 Å². The van der Waals surface area contributed by atoms with Gasteiger partial charge in [-0.15, -0.1) is 0 Å². The summed E-state index contributed by atoms with van der Waals surface area (Å²) in [6, 6.07) is 10.3. The van der Waals surface area contributed by atoms with Crippen LogP contribution in [0.3, 0.4) is 0 Å². The van der Waals surface area contributed by atoms with Crippen molar-refractivity contribution in [1.29, 1.82) is 0 Å². The Balaban J connectivity index is 1.47. The summed E-state index contributed by atoms with van der Waals surface area (Å²) in [5, 5.41) is 0. The molecule has 1 amide bonds. The van der Waals surface area contributed by atoms with Crippen molar-refractivity contribution in [3.05, 3.63) is 47.0 Å². The fraction of sp³-hybridized carbons (Fsp3) is 0.471. The molecule has 0 spiro atoms. The van der Waals surface area contributed by atoms with Crippen LogP contribution >= 0.6 is 0 Å². The molecule has 0 atom stereocenters. The Morgan fingerprint density at radius 1 is 0.947 bits per heavy atom. The van der Waals surface area contributed by atoms with Gasteiger partial charge in [0.05, 0.1) is 0 Å². The Labute approximate surface area is 115 Å². The number of carbonyl (C=O) groups excluding carboxylic acids is 1. The van der Waals surface area contributed by atoms with Gasteiger partial charge in [0.25, 0.3) is 0 Å². The van der Waals surface area contributed by atoms with E-state index in [1.807, 2.05) is 18.2 Å². The van der Waals surface area contributed by atoms with Crippen molar-refractivity contribution in [3.63, 3.8) is 0 Å². The highest BCUT2D eigenvalue weighted by Gasteiger charge is 2.23. The zero-order valence-electron chi connectivity index (χ0n) is 11.4. The van der Waals surface area contributed by atoms with Crippen LogP contribution < -0.4 is 0 Å². The Morgan fingerprint density at radius 3 is 2.21 bits per heavy atom. The van der Waals surface area contributed by atoms with E-state index in [-0.39, 0.29) is 0 Å². The molecule has 1 aromatic rings. The molecule has 19 heavy (non-hydrogen) atoms. The number of aryl methyl sites for hydroxylation is 1. The van der Waals surface area contributed by atoms with Crippen molar-refractivity contribution in [2.45, 2.75) is 38.5 Å². The quantitative estimate of drug-likeness (QED) is 0.759. The van der Waals surface area contributed by atoms with Crippen LogP contribution in [0.5, 0.6) is 0 Å². The van der Waals surface area contributed by atoms with E-state index in [9.17, 15) is 4.79 Å². The molecule has 0 N–H and O–H groups in total. The summed E-state index contributed by atoms with van der Waals surface area (Å²) in [4.78, 5) is 14.2. The summed E-state index contributed by atoms with van der Waals surface area (Å²) >= 11 is 0. The third-order valence-corrected chi connectivity index (χ3v) is 4.19. The Hall–Kier alpha value is -1.57. The lowest BCUT2D eigenvalue weighted by molar-refractivity contribution is -0.131. The van der Waals surface area contributed by atoms with Gasteiger partial charge in [0.1, 0.15) is 0 Å². The molecule has 1 saturated carbocycles. The number of hydrogen-bond donors (Lipinski definition) is 0. The lowest BCUT2D eigenvalue weighted by Gasteiger charge is -2.28. The van der Waals surface area contributed by atoms with Gasteiger partial charge in [0.15, 0.2) is 0 Å². The van der Waals surface area contributed by atoms with Crippen LogP contribution in [0.1, 0.15) is 37.7 Å². The van der Waals surface area contributed by atoms with E-state index < -0.39 is 0 Å². The van der Waals surface area contributed by atoms with Crippen LogP contribution in [0.2, 0.25) is 0 Å². The molecule has 1 heterocycles. The highest BCUT2D eigenvalue weighted by Crippen LogP contribution is 2.36. The summed E-state index contributed by atoms with van der Waals surface area (Å²) in [6.45, 7) is 1.87. The fourth-order valence-corrected chi connectivity index (χ4v) is 2.85. The highest BCUT2D eigenvalue weighted by atomic mass is 16.2. The second-order valence-corrected chi connectivity index (χ2v) is 5.57. The monoisotopic (exact) mass is 255 g/mol. The van der Waals surface area contributed by atoms with Crippen LogP contribution in [-0.4, -0.2) is 23.9 Å².